The zero-order valence-corrected chi connectivity index (χ0v) is 12.5. The lowest BCUT2D eigenvalue weighted by atomic mass is 10.1. The SMILES string of the molecule is CN1C=C2CN(c3cnc(-c4ccccc4O)nc3)CC2C1. The van der Waals surface area contributed by atoms with Crippen molar-refractivity contribution >= 4 is 5.69 Å². The molecule has 2 aromatic rings. The average Bonchev–Trinajstić information content (AvgIpc) is 3.05. The maximum absolute atomic E-state index is 9.88. The van der Waals surface area contributed by atoms with Gasteiger partial charge in [0.25, 0.3) is 0 Å². The second kappa shape index (κ2) is 5.02. The number of fused-ring (bicyclic) bond motifs is 1. The van der Waals surface area contributed by atoms with Crippen molar-refractivity contribution < 1.29 is 5.11 Å². The topological polar surface area (TPSA) is 52.5 Å². The van der Waals surface area contributed by atoms with Crippen LogP contribution in [0, 0.1) is 5.92 Å². The minimum absolute atomic E-state index is 0.208. The van der Waals surface area contributed by atoms with Crippen molar-refractivity contribution in [1.29, 1.82) is 0 Å². The smallest absolute Gasteiger partial charge is 0.163 e. The van der Waals surface area contributed by atoms with Gasteiger partial charge in [-0.1, -0.05) is 12.1 Å². The maximum atomic E-state index is 9.88. The lowest BCUT2D eigenvalue weighted by Gasteiger charge is -2.19. The molecule has 4 rings (SSSR count). The summed E-state index contributed by atoms with van der Waals surface area (Å²) in [6.07, 6.45) is 5.95. The molecule has 1 N–H and O–H groups in total. The number of hydrogen-bond acceptors (Lipinski definition) is 5. The standard InChI is InChI=1S/C17H18N4O/c1-20-8-12-10-21(11-13(12)9-20)14-6-18-17(19-7-14)15-4-2-3-5-16(15)22/h2-8,13,22H,9-11H2,1H3. The molecule has 0 spiro atoms. The van der Waals surface area contributed by atoms with E-state index in [1.54, 1.807) is 12.1 Å². The molecule has 0 amide bonds. The first kappa shape index (κ1) is 13.1. The number of aromatic hydroxyl groups is 1. The Labute approximate surface area is 129 Å². The fourth-order valence-electron chi connectivity index (χ4n) is 3.28. The molecule has 1 atom stereocenters. The Morgan fingerprint density at radius 2 is 1.91 bits per heavy atom. The Kier molecular flexibility index (Phi) is 2.99. The van der Waals surface area contributed by atoms with Gasteiger partial charge in [0.15, 0.2) is 5.82 Å². The highest BCUT2D eigenvalue weighted by atomic mass is 16.3. The molecule has 112 valence electrons. The number of aromatic nitrogens is 2. The first-order chi connectivity index (χ1) is 10.7. The molecule has 1 saturated heterocycles. The highest BCUT2D eigenvalue weighted by molar-refractivity contribution is 5.64. The van der Waals surface area contributed by atoms with Crippen LogP contribution in [-0.2, 0) is 0 Å². The normalized spacial score (nSPS) is 20.2. The molecular weight excluding hydrogens is 276 g/mol. The van der Waals surface area contributed by atoms with Gasteiger partial charge in [-0.15, -0.1) is 0 Å². The van der Waals surface area contributed by atoms with Crippen molar-refractivity contribution in [3.63, 3.8) is 0 Å². The largest absolute Gasteiger partial charge is 0.507 e. The molecule has 5 heteroatoms. The van der Waals surface area contributed by atoms with Crippen LogP contribution in [-0.4, -0.2) is 46.7 Å². The number of rotatable bonds is 2. The van der Waals surface area contributed by atoms with E-state index in [2.05, 4.69) is 33.0 Å². The molecule has 5 nitrogen and oxygen atoms in total. The lowest BCUT2D eigenvalue weighted by molar-refractivity contribution is 0.442. The van der Waals surface area contributed by atoms with Gasteiger partial charge in [0.2, 0.25) is 0 Å². The molecule has 2 aliphatic rings. The summed E-state index contributed by atoms with van der Waals surface area (Å²) >= 11 is 0. The van der Waals surface area contributed by atoms with E-state index < -0.39 is 0 Å². The molecule has 1 fully saturated rings. The van der Waals surface area contributed by atoms with Gasteiger partial charge >= 0.3 is 0 Å². The van der Waals surface area contributed by atoms with Gasteiger partial charge < -0.3 is 14.9 Å². The van der Waals surface area contributed by atoms with Crippen molar-refractivity contribution in [3.05, 3.63) is 48.4 Å². The highest BCUT2D eigenvalue weighted by Crippen LogP contribution is 2.32. The van der Waals surface area contributed by atoms with Crippen molar-refractivity contribution in [2.45, 2.75) is 0 Å². The summed E-state index contributed by atoms with van der Waals surface area (Å²) in [6.45, 7) is 3.08. The van der Waals surface area contributed by atoms with Crippen LogP contribution in [0.2, 0.25) is 0 Å². The number of benzene rings is 1. The predicted octanol–water partition coefficient (Wildman–Crippen LogP) is 2.11. The first-order valence-electron chi connectivity index (χ1n) is 7.47. The Hall–Kier alpha value is -2.56. The van der Waals surface area contributed by atoms with Gasteiger partial charge in [0, 0.05) is 38.8 Å². The summed E-state index contributed by atoms with van der Waals surface area (Å²) in [7, 11) is 2.12. The van der Waals surface area contributed by atoms with Crippen LogP contribution in [0.15, 0.2) is 48.4 Å². The third kappa shape index (κ3) is 2.19. The molecule has 0 saturated carbocycles. The van der Waals surface area contributed by atoms with Gasteiger partial charge in [-0.3, -0.25) is 0 Å². The second-order valence-electron chi connectivity index (χ2n) is 6.00. The zero-order chi connectivity index (χ0) is 15.1. The van der Waals surface area contributed by atoms with Gasteiger partial charge in [-0.25, -0.2) is 9.97 Å². The monoisotopic (exact) mass is 294 g/mol. The Morgan fingerprint density at radius 1 is 1.14 bits per heavy atom. The molecule has 1 unspecified atom stereocenters. The van der Waals surface area contributed by atoms with Crippen LogP contribution in [0.4, 0.5) is 5.69 Å². The number of anilines is 1. The highest BCUT2D eigenvalue weighted by Gasteiger charge is 2.32. The molecule has 1 aromatic carbocycles. The fourth-order valence-corrected chi connectivity index (χ4v) is 3.28. The molecule has 22 heavy (non-hydrogen) atoms. The molecular formula is C17H18N4O. The molecule has 3 heterocycles. The summed E-state index contributed by atoms with van der Waals surface area (Å²) < 4.78 is 0. The van der Waals surface area contributed by atoms with E-state index in [-0.39, 0.29) is 5.75 Å². The summed E-state index contributed by atoms with van der Waals surface area (Å²) in [4.78, 5) is 13.4. The fraction of sp³-hybridized carbons (Fsp3) is 0.294. The van der Waals surface area contributed by atoms with Crippen LogP contribution in [0.3, 0.4) is 0 Å². The van der Waals surface area contributed by atoms with Crippen molar-refractivity contribution in [2.75, 3.05) is 31.6 Å². The van der Waals surface area contributed by atoms with Crippen LogP contribution in [0.25, 0.3) is 11.4 Å². The molecule has 1 aromatic heterocycles. The summed E-state index contributed by atoms with van der Waals surface area (Å²) in [5.41, 5.74) is 3.20. The minimum Gasteiger partial charge on any atom is -0.507 e. The van der Waals surface area contributed by atoms with E-state index in [1.807, 2.05) is 24.5 Å². The third-order valence-electron chi connectivity index (χ3n) is 4.38. The zero-order valence-electron chi connectivity index (χ0n) is 12.5. The Bertz CT molecular complexity index is 726. The van der Waals surface area contributed by atoms with Crippen LogP contribution in [0.1, 0.15) is 0 Å². The molecule has 2 aliphatic heterocycles. The number of hydrogen-bond donors (Lipinski definition) is 1. The van der Waals surface area contributed by atoms with E-state index in [1.165, 1.54) is 5.57 Å². The van der Waals surface area contributed by atoms with E-state index >= 15 is 0 Å². The first-order valence-corrected chi connectivity index (χ1v) is 7.47. The van der Waals surface area contributed by atoms with Gasteiger partial charge in [-0.2, -0.15) is 0 Å². The third-order valence-corrected chi connectivity index (χ3v) is 4.38. The Balaban J connectivity index is 1.56. The number of nitrogens with zero attached hydrogens (tertiary/aromatic N) is 4. The Morgan fingerprint density at radius 3 is 2.64 bits per heavy atom. The number of phenolic OH excluding ortho intramolecular Hbond substituents is 1. The number of para-hydroxylation sites is 1. The van der Waals surface area contributed by atoms with E-state index in [4.69, 9.17) is 0 Å². The summed E-state index contributed by atoms with van der Waals surface area (Å²) in [5.74, 6) is 1.39. The summed E-state index contributed by atoms with van der Waals surface area (Å²) in [5, 5.41) is 9.88. The molecule has 0 aliphatic carbocycles. The van der Waals surface area contributed by atoms with Gasteiger partial charge in [0.1, 0.15) is 5.75 Å². The van der Waals surface area contributed by atoms with Crippen molar-refractivity contribution in [2.24, 2.45) is 5.92 Å². The quantitative estimate of drug-likeness (QED) is 0.919. The van der Waals surface area contributed by atoms with E-state index in [0.29, 0.717) is 17.3 Å². The summed E-state index contributed by atoms with van der Waals surface area (Å²) in [6, 6.07) is 7.14. The lowest BCUT2D eigenvalue weighted by Crippen LogP contribution is -2.24. The maximum Gasteiger partial charge on any atom is 0.163 e. The van der Waals surface area contributed by atoms with Crippen LogP contribution in [0.5, 0.6) is 5.75 Å². The van der Waals surface area contributed by atoms with Gasteiger partial charge in [0.05, 0.1) is 23.6 Å². The van der Waals surface area contributed by atoms with Gasteiger partial charge in [-0.05, 0) is 17.7 Å². The predicted molar refractivity (Wildman–Crippen MR) is 85.5 cm³/mol. The molecule has 0 radical (unpaired) electrons. The van der Waals surface area contributed by atoms with E-state index in [0.717, 1.165) is 25.3 Å². The number of phenols is 1. The van der Waals surface area contributed by atoms with E-state index in [9.17, 15) is 5.11 Å². The van der Waals surface area contributed by atoms with Crippen LogP contribution >= 0.6 is 0 Å². The minimum atomic E-state index is 0.208. The second-order valence-corrected chi connectivity index (χ2v) is 6.00. The van der Waals surface area contributed by atoms with Crippen LogP contribution < -0.4 is 4.90 Å². The average molecular weight is 294 g/mol. The van der Waals surface area contributed by atoms with Crippen molar-refractivity contribution in [3.8, 4) is 17.1 Å². The van der Waals surface area contributed by atoms with Crippen molar-refractivity contribution in [1.82, 2.24) is 14.9 Å². The molecule has 0 bridgehead atoms.